The second-order valence-electron chi connectivity index (χ2n) is 3.33. The first-order chi connectivity index (χ1) is 7.06. The molecular formula is C9H6F5NS. The lowest BCUT2D eigenvalue weighted by Crippen LogP contribution is -2.05. The summed E-state index contributed by atoms with van der Waals surface area (Å²) in [6.07, 6.45) is 1.38. The molecule has 0 atom stereocenters. The summed E-state index contributed by atoms with van der Waals surface area (Å²) in [5.41, 5.74) is 0.244. The van der Waals surface area contributed by atoms with Crippen LogP contribution in [0, 0.1) is 0 Å². The lowest BCUT2D eigenvalue weighted by atomic mass is 10.2. The van der Waals surface area contributed by atoms with Gasteiger partial charge in [0.25, 0.3) is 0 Å². The molecule has 7 heteroatoms. The van der Waals surface area contributed by atoms with Gasteiger partial charge in [0.05, 0.1) is 5.52 Å². The summed E-state index contributed by atoms with van der Waals surface area (Å²) in [5, 5.41) is 0.0354. The fraction of sp³-hybridized carbons (Fsp3) is 0. The van der Waals surface area contributed by atoms with Crippen molar-refractivity contribution in [3.8, 4) is 0 Å². The zero-order chi connectivity index (χ0) is 12.1. The first kappa shape index (κ1) is 11.1. The third-order valence-electron chi connectivity index (χ3n) is 2.02. The summed E-state index contributed by atoms with van der Waals surface area (Å²) in [7, 11) is -9.58. The van der Waals surface area contributed by atoms with Gasteiger partial charge in [0.2, 0.25) is 0 Å². The number of pyridine rings is 1. The van der Waals surface area contributed by atoms with Crippen LogP contribution < -0.4 is 0 Å². The quantitative estimate of drug-likeness (QED) is 0.661. The highest BCUT2D eigenvalue weighted by molar-refractivity contribution is 8.45. The number of hydrogen-bond acceptors (Lipinski definition) is 1. The van der Waals surface area contributed by atoms with E-state index in [1.165, 1.54) is 18.3 Å². The van der Waals surface area contributed by atoms with E-state index in [1.54, 1.807) is 0 Å². The topological polar surface area (TPSA) is 12.9 Å². The molecule has 0 radical (unpaired) electrons. The zero-order valence-electron chi connectivity index (χ0n) is 7.71. The van der Waals surface area contributed by atoms with Crippen LogP contribution in [0.3, 0.4) is 0 Å². The molecule has 0 bridgehead atoms. The van der Waals surface area contributed by atoms with Crippen molar-refractivity contribution in [2.75, 3.05) is 0 Å². The molecule has 1 heterocycles. The molecule has 0 aliphatic carbocycles. The second-order valence-corrected chi connectivity index (χ2v) is 5.74. The minimum absolute atomic E-state index is 0.0354. The molecule has 0 unspecified atom stereocenters. The Balaban J connectivity index is 2.75. The van der Waals surface area contributed by atoms with Gasteiger partial charge in [-0.1, -0.05) is 25.5 Å². The van der Waals surface area contributed by atoms with Gasteiger partial charge >= 0.3 is 10.2 Å². The molecule has 0 saturated heterocycles. The van der Waals surface area contributed by atoms with Crippen molar-refractivity contribution in [2.24, 2.45) is 0 Å². The smallest absolute Gasteiger partial charge is 0.256 e. The second kappa shape index (κ2) is 2.48. The SMILES string of the molecule is FS(F)(F)(F)(F)c1ccc2ncccc2c1. The van der Waals surface area contributed by atoms with Gasteiger partial charge in [-0.05, 0) is 24.3 Å². The van der Waals surface area contributed by atoms with Crippen molar-refractivity contribution >= 4 is 21.1 Å². The van der Waals surface area contributed by atoms with Gasteiger partial charge < -0.3 is 0 Å². The van der Waals surface area contributed by atoms with Crippen molar-refractivity contribution in [1.82, 2.24) is 4.98 Å². The fourth-order valence-corrected chi connectivity index (χ4v) is 1.97. The first-order valence-electron chi connectivity index (χ1n) is 4.15. The Kier molecular flexibility index (Phi) is 1.72. The van der Waals surface area contributed by atoms with Crippen LogP contribution in [-0.2, 0) is 0 Å². The summed E-state index contributed by atoms with van der Waals surface area (Å²) >= 11 is 0. The zero-order valence-corrected chi connectivity index (χ0v) is 8.53. The number of halogens is 5. The van der Waals surface area contributed by atoms with E-state index in [-0.39, 0.29) is 10.9 Å². The van der Waals surface area contributed by atoms with Gasteiger partial charge in [0.15, 0.2) is 0 Å². The lowest BCUT2D eigenvalue weighted by Gasteiger charge is -2.40. The summed E-state index contributed by atoms with van der Waals surface area (Å²) in [6.45, 7) is 0. The first-order valence-corrected chi connectivity index (χ1v) is 6.10. The van der Waals surface area contributed by atoms with Crippen LogP contribution in [0.1, 0.15) is 0 Å². The molecule has 2 aromatic rings. The molecule has 1 aromatic heterocycles. The number of rotatable bonds is 1. The van der Waals surface area contributed by atoms with Gasteiger partial charge in [-0.2, -0.15) is 0 Å². The van der Waals surface area contributed by atoms with E-state index in [0.717, 1.165) is 6.07 Å². The Morgan fingerprint density at radius 2 is 1.62 bits per heavy atom. The summed E-state index contributed by atoms with van der Waals surface area (Å²) in [6, 6.07) is 4.40. The Morgan fingerprint density at radius 1 is 0.938 bits per heavy atom. The monoisotopic (exact) mass is 255 g/mol. The van der Waals surface area contributed by atoms with E-state index in [0.29, 0.717) is 12.1 Å². The predicted molar refractivity (Wildman–Crippen MR) is 53.1 cm³/mol. The van der Waals surface area contributed by atoms with E-state index < -0.39 is 15.1 Å². The van der Waals surface area contributed by atoms with Gasteiger partial charge in [0, 0.05) is 11.6 Å². The minimum Gasteiger partial charge on any atom is -0.256 e. The van der Waals surface area contributed by atoms with Crippen LogP contribution in [-0.4, -0.2) is 4.98 Å². The molecule has 0 fully saturated rings. The molecule has 1 nitrogen and oxygen atoms in total. The van der Waals surface area contributed by atoms with Crippen LogP contribution in [0.4, 0.5) is 19.4 Å². The molecule has 0 amide bonds. The molecule has 88 valence electrons. The predicted octanol–water partition coefficient (Wildman–Crippen LogP) is 4.89. The third kappa shape index (κ3) is 2.08. The summed E-state index contributed by atoms with van der Waals surface area (Å²) in [5.74, 6) is 0. The maximum Gasteiger partial charge on any atom is 0.310 e. The van der Waals surface area contributed by atoms with Crippen LogP contribution in [0.15, 0.2) is 41.4 Å². The molecule has 0 saturated carbocycles. The van der Waals surface area contributed by atoms with Crippen LogP contribution in [0.25, 0.3) is 10.9 Å². The van der Waals surface area contributed by atoms with E-state index in [2.05, 4.69) is 4.98 Å². The number of benzene rings is 1. The van der Waals surface area contributed by atoms with Crippen LogP contribution in [0.2, 0.25) is 0 Å². The number of nitrogens with zero attached hydrogens (tertiary/aromatic N) is 1. The van der Waals surface area contributed by atoms with Crippen molar-refractivity contribution in [2.45, 2.75) is 4.90 Å². The molecule has 2 rings (SSSR count). The van der Waals surface area contributed by atoms with Crippen LogP contribution in [0.5, 0.6) is 0 Å². The van der Waals surface area contributed by atoms with Crippen molar-refractivity contribution in [3.63, 3.8) is 0 Å². The highest BCUT2D eigenvalue weighted by Crippen LogP contribution is 3.02. The van der Waals surface area contributed by atoms with Gasteiger partial charge in [-0.3, -0.25) is 4.98 Å². The molecule has 1 aromatic carbocycles. The lowest BCUT2D eigenvalue weighted by molar-refractivity contribution is 0.364. The maximum atomic E-state index is 12.5. The fourth-order valence-electron chi connectivity index (χ4n) is 1.29. The summed E-state index contributed by atoms with van der Waals surface area (Å²) in [4.78, 5) is 1.86. The van der Waals surface area contributed by atoms with Crippen molar-refractivity contribution in [3.05, 3.63) is 36.5 Å². The average molecular weight is 255 g/mol. The number of aromatic nitrogens is 1. The highest BCUT2D eigenvalue weighted by atomic mass is 32.5. The summed E-state index contributed by atoms with van der Waals surface area (Å²) < 4.78 is 62.3. The van der Waals surface area contributed by atoms with Gasteiger partial charge in [0.1, 0.15) is 4.90 Å². The maximum absolute atomic E-state index is 12.5. The normalized spacial score (nSPS) is 16.8. The Labute approximate surface area is 87.6 Å². The number of fused-ring (bicyclic) bond motifs is 1. The standard InChI is InChI=1S/C9H6F5NS/c10-16(11,12,13,14)8-3-4-9-7(6-8)2-1-5-15-9/h1-6H. The molecular weight excluding hydrogens is 249 g/mol. The van der Waals surface area contributed by atoms with Gasteiger partial charge in [-0.25, -0.2) is 0 Å². The van der Waals surface area contributed by atoms with E-state index in [1.807, 2.05) is 0 Å². The average Bonchev–Trinajstić information content (AvgIpc) is 2.13. The minimum atomic E-state index is -9.58. The molecule has 0 N–H and O–H groups in total. The van der Waals surface area contributed by atoms with Gasteiger partial charge in [-0.15, -0.1) is 0 Å². The molecule has 0 aliphatic heterocycles. The molecule has 16 heavy (non-hydrogen) atoms. The number of hydrogen-bond donors (Lipinski definition) is 0. The van der Waals surface area contributed by atoms with Crippen molar-refractivity contribution < 1.29 is 19.4 Å². The molecule has 0 spiro atoms. The highest BCUT2D eigenvalue weighted by Gasteiger charge is 2.65. The van der Waals surface area contributed by atoms with E-state index >= 15 is 0 Å². The van der Waals surface area contributed by atoms with E-state index in [4.69, 9.17) is 0 Å². The third-order valence-corrected chi connectivity index (χ3v) is 3.16. The Bertz CT molecular complexity index is 562. The van der Waals surface area contributed by atoms with Crippen molar-refractivity contribution in [1.29, 1.82) is 0 Å². The largest absolute Gasteiger partial charge is 0.310 e. The molecule has 0 aliphatic rings. The Morgan fingerprint density at radius 3 is 2.25 bits per heavy atom. The Hall–Kier alpha value is -1.37. The van der Waals surface area contributed by atoms with Crippen LogP contribution >= 0.6 is 10.2 Å². The van der Waals surface area contributed by atoms with E-state index in [9.17, 15) is 19.4 Å².